The zero-order valence-electron chi connectivity index (χ0n) is 19.4. The number of phenolic OH excluding ortho intramolecular Hbond substituents is 1. The van der Waals surface area contributed by atoms with Gasteiger partial charge in [0.15, 0.2) is 11.5 Å². The van der Waals surface area contributed by atoms with Crippen molar-refractivity contribution >= 4 is 28.8 Å². The van der Waals surface area contributed by atoms with Gasteiger partial charge in [0, 0.05) is 34.2 Å². The number of carbonyl (C=O) groups is 3. The van der Waals surface area contributed by atoms with Gasteiger partial charge in [0.1, 0.15) is 17.1 Å². The van der Waals surface area contributed by atoms with Gasteiger partial charge in [-0.3, -0.25) is 14.4 Å². The minimum absolute atomic E-state index is 0.0617. The molecule has 0 fully saturated rings. The van der Waals surface area contributed by atoms with Gasteiger partial charge in [0.25, 0.3) is 11.8 Å². The molecule has 0 spiro atoms. The number of aliphatic hydroxyl groups excluding tert-OH is 2. The standard InChI is InChI=1S/C26H22N2O9/c1-12(29)23(32)25(34)28-11-27-24(33)13-2-5-16(26(35)36)19(8-13)22-17-6-3-14(30)9-20(17)37-21-10-15(31)4-7-18(21)22/h2-10,12,23,29-30,32H,11H2,1H3,(H,27,33)(H,28,34)(H,35,36). The highest BCUT2D eigenvalue weighted by molar-refractivity contribution is 6.09. The number of fused-ring (bicyclic) bond motifs is 2. The fourth-order valence-corrected chi connectivity index (χ4v) is 3.87. The van der Waals surface area contributed by atoms with E-state index in [4.69, 9.17) is 4.42 Å². The molecule has 2 aromatic carbocycles. The highest BCUT2D eigenvalue weighted by Gasteiger charge is 2.24. The van der Waals surface area contributed by atoms with E-state index in [2.05, 4.69) is 10.6 Å². The highest BCUT2D eigenvalue weighted by atomic mass is 16.4. The Labute approximate surface area is 208 Å². The van der Waals surface area contributed by atoms with Gasteiger partial charge in [0.2, 0.25) is 0 Å². The molecule has 37 heavy (non-hydrogen) atoms. The number of hydrogen-bond donors (Lipinski definition) is 6. The molecule has 190 valence electrons. The third-order valence-corrected chi connectivity index (χ3v) is 5.70. The summed E-state index contributed by atoms with van der Waals surface area (Å²) in [6.45, 7) is 0.872. The first kappa shape index (κ1) is 25.4. The Balaban J connectivity index is 1.80. The van der Waals surface area contributed by atoms with E-state index >= 15 is 0 Å². The fourth-order valence-electron chi connectivity index (χ4n) is 3.87. The summed E-state index contributed by atoms with van der Waals surface area (Å²) in [5.74, 6) is -2.74. The predicted molar refractivity (Wildman–Crippen MR) is 131 cm³/mol. The number of phenols is 1. The van der Waals surface area contributed by atoms with Crippen molar-refractivity contribution in [3.8, 4) is 28.2 Å². The van der Waals surface area contributed by atoms with E-state index in [0.29, 0.717) is 16.5 Å². The SMILES string of the molecule is CC(O)C(O)C(=O)NCNC(=O)c1ccc(C(=O)O)c(-c2c3ccc(=O)cc-3oc3cc(O)ccc23)c1. The maximum Gasteiger partial charge on any atom is 0.336 e. The molecule has 1 heterocycles. The maximum atomic E-state index is 12.8. The van der Waals surface area contributed by atoms with Crippen molar-refractivity contribution in [3.05, 3.63) is 75.9 Å². The van der Waals surface area contributed by atoms with Crippen LogP contribution in [0.1, 0.15) is 27.6 Å². The van der Waals surface area contributed by atoms with E-state index in [1.807, 2.05) is 0 Å². The third kappa shape index (κ3) is 5.13. The molecule has 11 nitrogen and oxygen atoms in total. The summed E-state index contributed by atoms with van der Waals surface area (Å²) in [6, 6.07) is 12.2. The molecule has 2 amide bonds. The minimum Gasteiger partial charge on any atom is -0.508 e. The number of benzene rings is 3. The van der Waals surface area contributed by atoms with E-state index in [1.165, 1.54) is 61.5 Å². The lowest BCUT2D eigenvalue weighted by molar-refractivity contribution is -0.134. The molecule has 11 heteroatoms. The zero-order valence-corrected chi connectivity index (χ0v) is 19.4. The number of rotatable bonds is 7. The van der Waals surface area contributed by atoms with Crippen LogP contribution in [-0.2, 0) is 4.79 Å². The Morgan fingerprint density at radius 3 is 2.41 bits per heavy atom. The average molecular weight is 506 g/mol. The van der Waals surface area contributed by atoms with Crippen molar-refractivity contribution < 1.29 is 39.2 Å². The van der Waals surface area contributed by atoms with Crippen LogP contribution in [0.15, 0.2) is 63.8 Å². The highest BCUT2D eigenvalue weighted by Crippen LogP contribution is 2.42. The number of carboxylic acids is 1. The number of aromatic carboxylic acids is 1. The number of nitrogens with one attached hydrogen (secondary N) is 2. The first-order chi connectivity index (χ1) is 17.6. The second-order valence-corrected chi connectivity index (χ2v) is 8.29. The van der Waals surface area contributed by atoms with Crippen molar-refractivity contribution in [2.75, 3.05) is 6.67 Å². The molecule has 0 bridgehead atoms. The smallest absolute Gasteiger partial charge is 0.336 e. The van der Waals surface area contributed by atoms with Crippen LogP contribution in [0.5, 0.6) is 5.75 Å². The molecular formula is C26H22N2O9. The number of carboxylic acid groups (broad SMARTS) is 1. The molecule has 0 saturated heterocycles. The van der Waals surface area contributed by atoms with Crippen molar-refractivity contribution in [2.45, 2.75) is 19.1 Å². The summed E-state index contributed by atoms with van der Waals surface area (Å²) in [7, 11) is 0. The van der Waals surface area contributed by atoms with Crippen LogP contribution in [0.25, 0.3) is 33.4 Å². The first-order valence-electron chi connectivity index (χ1n) is 11.1. The number of aromatic hydroxyl groups is 1. The van der Waals surface area contributed by atoms with Crippen LogP contribution in [0.4, 0.5) is 0 Å². The second-order valence-electron chi connectivity index (χ2n) is 8.29. The van der Waals surface area contributed by atoms with E-state index in [1.54, 1.807) is 0 Å². The maximum absolute atomic E-state index is 12.8. The van der Waals surface area contributed by atoms with Crippen molar-refractivity contribution in [1.82, 2.24) is 10.6 Å². The summed E-state index contributed by atoms with van der Waals surface area (Å²) in [6.07, 6.45) is -2.97. The van der Waals surface area contributed by atoms with Crippen molar-refractivity contribution in [2.24, 2.45) is 0 Å². The molecule has 2 atom stereocenters. The van der Waals surface area contributed by atoms with Crippen LogP contribution in [0.2, 0.25) is 0 Å². The third-order valence-electron chi connectivity index (χ3n) is 5.70. The lowest BCUT2D eigenvalue weighted by atomic mass is 9.89. The summed E-state index contributed by atoms with van der Waals surface area (Å²) < 4.78 is 5.79. The number of carbonyl (C=O) groups excluding carboxylic acids is 2. The summed E-state index contributed by atoms with van der Waals surface area (Å²) in [5.41, 5.74) is 0.733. The molecule has 0 radical (unpaired) electrons. The molecule has 6 N–H and O–H groups in total. The zero-order chi connectivity index (χ0) is 26.9. The molecule has 2 unspecified atom stereocenters. The summed E-state index contributed by atoms with van der Waals surface area (Å²) in [4.78, 5) is 48.6. The number of aliphatic hydroxyl groups is 2. The Morgan fingerprint density at radius 2 is 1.70 bits per heavy atom. The van der Waals surface area contributed by atoms with Crippen LogP contribution >= 0.6 is 0 Å². The predicted octanol–water partition coefficient (Wildman–Crippen LogP) is 1.51. The van der Waals surface area contributed by atoms with Crippen LogP contribution < -0.4 is 16.1 Å². The summed E-state index contributed by atoms with van der Waals surface area (Å²) in [5, 5.41) is 43.8. The normalized spacial score (nSPS) is 12.7. The summed E-state index contributed by atoms with van der Waals surface area (Å²) >= 11 is 0. The monoisotopic (exact) mass is 506 g/mol. The van der Waals surface area contributed by atoms with Crippen LogP contribution in [-0.4, -0.2) is 57.1 Å². The Bertz CT molecular complexity index is 1560. The quantitative estimate of drug-likeness (QED) is 0.160. The first-order valence-corrected chi connectivity index (χ1v) is 11.1. The molecule has 1 aliphatic carbocycles. The van der Waals surface area contributed by atoms with Gasteiger partial charge in [-0.25, -0.2) is 4.79 Å². The topological polar surface area (TPSA) is 186 Å². The van der Waals surface area contributed by atoms with Gasteiger partial charge in [-0.1, -0.05) is 0 Å². The molecule has 0 saturated carbocycles. The minimum atomic E-state index is -1.67. The van der Waals surface area contributed by atoms with Gasteiger partial charge >= 0.3 is 5.97 Å². The largest absolute Gasteiger partial charge is 0.508 e. The second kappa shape index (κ2) is 10.1. The van der Waals surface area contributed by atoms with Crippen molar-refractivity contribution in [3.63, 3.8) is 0 Å². The van der Waals surface area contributed by atoms with E-state index < -0.39 is 30.0 Å². The van der Waals surface area contributed by atoms with Gasteiger partial charge in [-0.2, -0.15) is 0 Å². The van der Waals surface area contributed by atoms with Gasteiger partial charge in [-0.05, 0) is 55.0 Å². The molecule has 1 aliphatic heterocycles. The molecule has 2 aliphatic rings. The van der Waals surface area contributed by atoms with Gasteiger partial charge < -0.3 is 35.5 Å². The number of amides is 2. The fraction of sp³-hybridized carbons (Fsp3) is 0.154. The Kier molecular flexibility index (Phi) is 6.92. The molecular weight excluding hydrogens is 484 g/mol. The molecule has 4 rings (SSSR count). The molecule has 0 aromatic heterocycles. The van der Waals surface area contributed by atoms with Crippen molar-refractivity contribution in [1.29, 1.82) is 0 Å². The van der Waals surface area contributed by atoms with E-state index in [0.717, 1.165) is 0 Å². The Hall–Kier alpha value is -4.74. The lowest BCUT2D eigenvalue weighted by Gasteiger charge is -2.18. The van der Waals surface area contributed by atoms with E-state index in [-0.39, 0.29) is 45.9 Å². The van der Waals surface area contributed by atoms with Crippen LogP contribution in [0, 0.1) is 0 Å². The van der Waals surface area contributed by atoms with Crippen LogP contribution in [0.3, 0.4) is 0 Å². The molecule has 2 aromatic rings. The van der Waals surface area contributed by atoms with E-state index in [9.17, 15) is 39.6 Å². The lowest BCUT2D eigenvalue weighted by Crippen LogP contribution is -2.45. The average Bonchev–Trinajstić information content (AvgIpc) is 2.85. The number of hydrogen-bond acceptors (Lipinski definition) is 8. The van der Waals surface area contributed by atoms with Gasteiger partial charge in [0.05, 0.1) is 18.3 Å². The van der Waals surface area contributed by atoms with Gasteiger partial charge in [-0.15, -0.1) is 0 Å². The Morgan fingerprint density at radius 1 is 0.946 bits per heavy atom.